The van der Waals surface area contributed by atoms with Crippen molar-refractivity contribution >= 4 is 53.9 Å². The fourth-order valence-corrected chi connectivity index (χ4v) is 6.98. The lowest BCUT2D eigenvalue weighted by Crippen LogP contribution is -2.00. The first-order chi connectivity index (χ1) is 23.8. The minimum atomic E-state index is 0.637. The van der Waals surface area contributed by atoms with Crippen molar-refractivity contribution in [3.8, 4) is 34.2 Å². The van der Waals surface area contributed by atoms with Crippen molar-refractivity contribution in [1.82, 2.24) is 15.0 Å². The molecule has 0 fully saturated rings. The van der Waals surface area contributed by atoms with Gasteiger partial charge in [0.05, 0.1) is 0 Å². The van der Waals surface area contributed by atoms with Gasteiger partial charge in [0.15, 0.2) is 17.5 Å². The summed E-state index contributed by atoms with van der Waals surface area (Å²) in [5.41, 5.74) is 2.85. The predicted molar refractivity (Wildman–Crippen MR) is 201 cm³/mol. The Hall–Kier alpha value is -6.45. The van der Waals surface area contributed by atoms with E-state index in [9.17, 15) is 0 Å². The quantitative estimate of drug-likeness (QED) is 0.199. The van der Waals surface area contributed by atoms with Gasteiger partial charge in [-0.25, -0.2) is 15.0 Å². The number of benzene rings is 7. The Morgan fingerprint density at radius 3 is 0.917 bits per heavy atom. The number of aromatic nitrogens is 3. The zero-order chi connectivity index (χ0) is 31.9. The minimum Gasteiger partial charge on any atom is -0.208 e. The summed E-state index contributed by atoms with van der Waals surface area (Å²) < 4.78 is 0. The van der Waals surface area contributed by atoms with E-state index >= 15 is 0 Å². The largest absolute Gasteiger partial charge is 0.208 e. The smallest absolute Gasteiger partial charge is 0.164 e. The Bertz CT molecular complexity index is 2580. The van der Waals surface area contributed by atoms with Crippen LogP contribution in [-0.4, -0.2) is 15.0 Å². The fourth-order valence-electron chi connectivity index (χ4n) is 6.98. The van der Waals surface area contributed by atoms with Gasteiger partial charge >= 0.3 is 0 Å². The number of hydrogen-bond donors (Lipinski definition) is 0. The third-order valence-electron chi connectivity index (χ3n) is 9.14. The van der Waals surface area contributed by atoms with Gasteiger partial charge in [0, 0.05) is 22.1 Å². The van der Waals surface area contributed by atoms with Crippen LogP contribution in [0.15, 0.2) is 176 Å². The second kappa shape index (κ2) is 11.7. The molecule has 0 saturated heterocycles. The van der Waals surface area contributed by atoms with Gasteiger partial charge in [-0.15, -0.1) is 0 Å². The van der Waals surface area contributed by atoms with Crippen molar-refractivity contribution in [2.45, 2.75) is 0 Å². The van der Waals surface area contributed by atoms with Crippen LogP contribution in [0.5, 0.6) is 0 Å². The lowest BCUT2D eigenvalue weighted by Gasteiger charge is -2.13. The summed E-state index contributed by atoms with van der Waals surface area (Å²) in [7, 11) is 0. The molecule has 0 aliphatic rings. The monoisotopic (exact) mass is 611 g/mol. The molecule has 0 aliphatic heterocycles. The van der Waals surface area contributed by atoms with Crippen LogP contribution in [0.1, 0.15) is 0 Å². The first-order valence-electron chi connectivity index (χ1n) is 16.2. The second-order valence-electron chi connectivity index (χ2n) is 11.9. The fraction of sp³-hybridized carbons (Fsp3) is 0. The van der Waals surface area contributed by atoms with E-state index < -0.39 is 0 Å². The van der Waals surface area contributed by atoms with Crippen molar-refractivity contribution in [2.24, 2.45) is 0 Å². The van der Waals surface area contributed by atoms with E-state index in [0.29, 0.717) is 17.5 Å². The second-order valence-corrected chi connectivity index (χ2v) is 11.9. The van der Waals surface area contributed by atoms with Crippen LogP contribution in [0.2, 0.25) is 0 Å². The third kappa shape index (κ3) is 4.72. The molecule has 0 spiro atoms. The molecule has 0 bridgehead atoms. The number of hydrogen-bond acceptors (Lipinski definition) is 3. The third-order valence-corrected chi connectivity index (χ3v) is 9.14. The normalized spacial score (nSPS) is 11.3. The van der Waals surface area contributed by atoms with E-state index in [-0.39, 0.29) is 0 Å². The highest BCUT2D eigenvalue weighted by atomic mass is 15.0. The molecule has 0 aliphatic carbocycles. The van der Waals surface area contributed by atoms with E-state index in [0.717, 1.165) is 43.6 Å². The molecule has 3 nitrogen and oxygen atoms in total. The molecule has 3 heteroatoms. The molecule has 224 valence electrons. The van der Waals surface area contributed by atoms with Crippen LogP contribution in [0.3, 0.4) is 0 Å². The average molecular weight is 612 g/mol. The van der Waals surface area contributed by atoms with Crippen LogP contribution in [0, 0.1) is 0 Å². The Labute approximate surface area is 278 Å². The van der Waals surface area contributed by atoms with E-state index in [1.165, 1.54) is 26.9 Å². The van der Waals surface area contributed by atoms with Crippen LogP contribution in [-0.2, 0) is 0 Å². The summed E-state index contributed by atoms with van der Waals surface area (Å²) in [4.78, 5) is 15.4. The van der Waals surface area contributed by atoms with E-state index in [1.54, 1.807) is 0 Å². The molecule has 0 amide bonds. The summed E-state index contributed by atoms with van der Waals surface area (Å²) in [6.07, 6.45) is 0. The van der Waals surface area contributed by atoms with Crippen molar-refractivity contribution in [2.75, 3.05) is 0 Å². The number of rotatable bonds is 3. The van der Waals surface area contributed by atoms with Crippen molar-refractivity contribution in [3.63, 3.8) is 0 Å². The zero-order valence-electron chi connectivity index (χ0n) is 26.1. The topological polar surface area (TPSA) is 38.7 Å². The summed E-state index contributed by atoms with van der Waals surface area (Å²) in [6.45, 7) is 0. The molecule has 1 aromatic heterocycles. The summed E-state index contributed by atoms with van der Waals surface area (Å²) in [5.74, 6) is 1.92. The molecule has 9 rings (SSSR count). The standard InChI is InChI=1S/C45H29N3/c1-3-16-30(17-4-1)43-46-44(31-18-5-2-6-19-31)48-45(47-43)41-29-15-28-40-38-25-12-11-24-36(38)34-21-8-7-20-32(34)33-22-9-10-23-35(33)37-26-13-14-27-39(37)42(40)41/h1-29H. The Morgan fingerprint density at radius 2 is 0.521 bits per heavy atom. The van der Waals surface area contributed by atoms with E-state index in [2.05, 4.69) is 140 Å². The lowest BCUT2D eigenvalue weighted by molar-refractivity contribution is 1.08. The SMILES string of the molecule is c1ccc(-c2nc(-c3ccccc3)nc(-c3cccc4c5ccccc5c5ccccc5c5ccccc5c5ccccc5c34)n2)cc1. The van der Waals surface area contributed by atoms with E-state index in [4.69, 9.17) is 15.0 Å². The lowest BCUT2D eigenvalue weighted by atomic mass is 9.92. The van der Waals surface area contributed by atoms with Crippen LogP contribution in [0.25, 0.3) is 88.0 Å². The van der Waals surface area contributed by atoms with Gasteiger partial charge in [-0.1, -0.05) is 176 Å². The van der Waals surface area contributed by atoms with Crippen molar-refractivity contribution in [3.05, 3.63) is 176 Å². The number of fused-ring (bicyclic) bond motifs is 10. The molecule has 0 atom stereocenters. The highest BCUT2D eigenvalue weighted by Gasteiger charge is 2.16. The van der Waals surface area contributed by atoms with Crippen LogP contribution < -0.4 is 0 Å². The molecule has 0 saturated carbocycles. The summed E-state index contributed by atoms with van der Waals surface area (Å²) in [5, 5.41) is 11.7. The van der Waals surface area contributed by atoms with Crippen LogP contribution >= 0.6 is 0 Å². The predicted octanol–water partition coefficient (Wildman–Crippen LogP) is 11.8. The Kier molecular flexibility index (Phi) is 6.80. The molecule has 0 unspecified atom stereocenters. The maximum atomic E-state index is 5.19. The van der Waals surface area contributed by atoms with Gasteiger partial charge in [-0.2, -0.15) is 0 Å². The van der Waals surface area contributed by atoms with Gasteiger partial charge in [0.2, 0.25) is 0 Å². The molecule has 8 aromatic carbocycles. The van der Waals surface area contributed by atoms with Gasteiger partial charge < -0.3 is 0 Å². The highest BCUT2D eigenvalue weighted by molar-refractivity contribution is 6.27. The van der Waals surface area contributed by atoms with Gasteiger partial charge in [-0.3, -0.25) is 0 Å². The average Bonchev–Trinajstić information content (AvgIpc) is 3.18. The molecule has 0 N–H and O–H groups in total. The highest BCUT2D eigenvalue weighted by Crippen LogP contribution is 2.39. The summed E-state index contributed by atoms with van der Waals surface area (Å²) >= 11 is 0. The number of nitrogens with zero attached hydrogens (tertiary/aromatic N) is 3. The Morgan fingerprint density at radius 1 is 0.229 bits per heavy atom. The first kappa shape index (κ1) is 27.8. The minimum absolute atomic E-state index is 0.637. The van der Waals surface area contributed by atoms with Gasteiger partial charge in [0.1, 0.15) is 0 Å². The molecule has 0 radical (unpaired) electrons. The molecular formula is C45H29N3. The first-order valence-corrected chi connectivity index (χ1v) is 16.2. The van der Waals surface area contributed by atoms with Crippen LogP contribution in [0.4, 0.5) is 0 Å². The van der Waals surface area contributed by atoms with Crippen molar-refractivity contribution in [1.29, 1.82) is 0 Å². The Balaban J connectivity index is 1.53. The molecular weight excluding hydrogens is 583 g/mol. The maximum Gasteiger partial charge on any atom is 0.164 e. The van der Waals surface area contributed by atoms with Gasteiger partial charge in [-0.05, 0) is 48.5 Å². The molecule has 9 aromatic rings. The molecule has 1 heterocycles. The maximum absolute atomic E-state index is 5.19. The summed E-state index contributed by atoms with van der Waals surface area (Å²) in [6, 6.07) is 61.8. The van der Waals surface area contributed by atoms with Gasteiger partial charge in [0.25, 0.3) is 0 Å². The van der Waals surface area contributed by atoms with E-state index in [1.807, 2.05) is 36.4 Å². The van der Waals surface area contributed by atoms with Crippen molar-refractivity contribution < 1.29 is 0 Å². The zero-order valence-corrected chi connectivity index (χ0v) is 26.1. The molecule has 48 heavy (non-hydrogen) atoms.